The van der Waals surface area contributed by atoms with Gasteiger partial charge in [-0.25, -0.2) is 0 Å². The van der Waals surface area contributed by atoms with Crippen LogP contribution in [0.15, 0.2) is 42.5 Å². The summed E-state index contributed by atoms with van der Waals surface area (Å²) >= 11 is 11.2. The molecule has 0 aliphatic carbocycles. The summed E-state index contributed by atoms with van der Waals surface area (Å²) < 4.78 is 0. The fourth-order valence-electron chi connectivity index (χ4n) is 2.04. The van der Waals surface area contributed by atoms with Gasteiger partial charge >= 0.3 is 0 Å². The zero-order valence-electron chi connectivity index (χ0n) is 14.1. The number of anilines is 2. The number of benzene rings is 2. The zero-order chi connectivity index (χ0) is 20.0. The Morgan fingerprint density at radius 3 is 2.59 bits per heavy atom. The summed E-state index contributed by atoms with van der Waals surface area (Å²) in [5.74, 6) is -0.771. The van der Waals surface area contributed by atoms with Gasteiger partial charge in [0.15, 0.2) is 5.11 Å². The fraction of sp³-hybridized carbons (Fsp3) is 0.118. The van der Waals surface area contributed by atoms with Crippen molar-refractivity contribution in [3.05, 3.63) is 63.2 Å². The largest absolute Gasteiger partial charge is 0.331 e. The molecule has 0 radical (unpaired) electrons. The van der Waals surface area contributed by atoms with Crippen molar-refractivity contribution in [1.82, 2.24) is 5.32 Å². The van der Waals surface area contributed by atoms with Gasteiger partial charge in [-0.15, -0.1) is 0 Å². The molecular weight excluding hydrogens is 392 g/mol. The van der Waals surface area contributed by atoms with Gasteiger partial charge in [-0.2, -0.15) is 0 Å². The third kappa shape index (κ3) is 5.73. The number of rotatable bonds is 5. The molecule has 2 aromatic rings. The van der Waals surface area contributed by atoms with E-state index in [-0.39, 0.29) is 22.3 Å². The molecule has 0 saturated carbocycles. The van der Waals surface area contributed by atoms with Crippen LogP contribution in [0, 0.1) is 10.1 Å². The molecule has 2 amide bonds. The Kier molecular flexibility index (Phi) is 6.80. The molecule has 3 N–H and O–H groups in total. The smallest absolute Gasteiger partial charge is 0.270 e. The number of nitro groups is 1. The van der Waals surface area contributed by atoms with E-state index in [0.29, 0.717) is 22.8 Å². The quantitative estimate of drug-likeness (QED) is 0.396. The lowest BCUT2D eigenvalue weighted by Crippen LogP contribution is -2.34. The molecule has 10 heteroatoms. The van der Waals surface area contributed by atoms with Crippen molar-refractivity contribution < 1.29 is 14.5 Å². The molecule has 0 aliphatic rings. The number of nitro benzene ring substituents is 1. The number of nitrogens with zero attached hydrogens (tertiary/aromatic N) is 1. The molecule has 27 heavy (non-hydrogen) atoms. The van der Waals surface area contributed by atoms with E-state index < -0.39 is 10.8 Å². The van der Waals surface area contributed by atoms with Gasteiger partial charge in [0.2, 0.25) is 5.91 Å². The lowest BCUT2D eigenvalue weighted by atomic mass is 10.2. The van der Waals surface area contributed by atoms with Gasteiger partial charge in [-0.1, -0.05) is 24.6 Å². The molecule has 0 aliphatic heterocycles. The van der Waals surface area contributed by atoms with Crippen molar-refractivity contribution in [2.75, 3.05) is 10.6 Å². The molecule has 8 nitrogen and oxygen atoms in total. The third-order valence-electron chi connectivity index (χ3n) is 3.37. The Labute approximate surface area is 165 Å². The first-order valence-electron chi connectivity index (χ1n) is 7.76. The molecule has 0 aromatic heterocycles. The molecule has 140 valence electrons. The molecule has 0 fully saturated rings. The van der Waals surface area contributed by atoms with Crippen LogP contribution in [0.5, 0.6) is 0 Å². The van der Waals surface area contributed by atoms with E-state index in [4.69, 9.17) is 23.8 Å². The first kappa shape index (κ1) is 20.3. The van der Waals surface area contributed by atoms with E-state index in [1.807, 2.05) is 0 Å². The van der Waals surface area contributed by atoms with Crippen LogP contribution in [-0.2, 0) is 4.79 Å². The number of carbonyl (C=O) groups excluding carboxylic acids is 2. The average Bonchev–Trinajstić information content (AvgIpc) is 2.64. The van der Waals surface area contributed by atoms with E-state index in [9.17, 15) is 19.7 Å². The van der Waals surface area contributed by atoms with Crippen molar-refractivity contribution >= 4 is 57.8 Å². The second-order valence-corrected chi connectivity index (χ2v) is 6.13. The predicted molar refractivity (Wildman–Crippen MR) is 107 cm³/mol. The van der Waals surface area contributed by atoms with Crippen molar-refractivity contribution in [2.24, 2.45) is 0 Å². The maximum atomic E-state index is 12.2. The number of carbonyl (C=O) groups is 2. The SMILES string of the molecule is CCC(=O)Nc1ccc(Cl)c(NC(=S)NC(=O)c2cccc([N+](=O)[O-])c2)c1. The van der Waals surface area contributed by atoms with Gasteiger partial charge in [0, 0.05) is 29.8 Å². The highest BCUT2D eigenvalue weighted by Crippen LogP contribution is 2.25. The van der Waals surface area contributed by atoms with Gasteiger partial charge in [0.05, 0.1) is 15.6 Å². The van der Waals surface area contributed by atoms with Crippen LogP contribution in [0.25, 0.3) is 0 Å². The second-order valence-electron chi connectivity index (χ2n) is 5.31. The van der Waals surface area contributed by atoms with Gasteiger partial charge in [-0.05, 0) is 36.5 Å². The minimum absolute atomic E-state index is 0.0487. The maximum absolute atomic E-state index is 12.2. The van der Waals surface area contributed by atoms with Crippen molar-refractivity contribution in [3.8, 4) is 0 Å². The van der Waals surface area contributed by atoms with Crippen LogP contribution in [-0.4, -0.2) is 21.9 Å². The summed E-state index contributed by atoms with van der Waals surface area (Å²) in [4.78, 5) is 33.9. The number of non-ortho nitro benzene ring substituents is 1. The Balaban J connectivity index is 2.08. The number of halogens is 1. The van der Waals surface area contributed by atoms with Gasteiger partial charge < -0.3 is 10.6 Å². The summed E-state index contributed by atoms with van der Waals surface area (Å²) in [5, 5.41) is 18.9. The van der Waals surface area contributed by atoms with E-state index >= 15 is 0 Å². The maximum Gasteiger partial charge on any atom is 0.270 e. The van der Waals surface area contributed by atoms with Crippen LogP contribution in [0.3, 0.4) is 0 Å². The average molecular weight is 407 g/mol. The molecule has 0 spiro atoms. The Morgan fingerprint density at radius 1 is 1.19 bits per heavy atom. The number of hydrogen-bond acceptors (Lipinski definition) is 5. The molecule has 0 unspecified atom stereocenters. The molecule has 0 saturated heterocycles. The lowest BCUT2D eigenvalue weighted by Gasteiger charge is -2.13. The monoisotopic (exact) mass is 406 g/mol. The summed E-state index contributed by atoms with van der Waals surface area (Å²) in [5.41, 5.74) is 0.781. The molecule has 2 rings (SSSR count). The fourth-order valence-corrected chi connectivity index (χ4v) is 2.41. The minimum atomic E-state index is -0.609. The van der Waals surface area contributed by atoms with E-state index in [2.05, 4.69) is 16.0 Å². The Bertz CT molecular complexity index is 920. The molecular formula is C17H15ClN4O4S. The highest BCUT2D eigenvalue weighted by Gasteiger charge is 2.13. The van der Waals surface area contributed by atoms with E-state index in [1.165, 1.54) is 18.2 Å². The lowest BCUT2D eigenvalue weighted by molar-refractivity contribution is -0.384. The summed E-state index contributed by atoms with van der Waals surface area (Å²) in [6.45, 7) is 1.73. The van der Waals surface area contributed by atoms with Crippen molar-refractivity contribution in [1.29, 1.82) is 0 Å². The number of thiocarbonyl (C=S) groups is 1. The van der Waals surface area contributed by atoms with Gasteiger partial charge in [-0.3, -0.25) is 25.0 Å². The predicted octanol–water partition coefficient (Wildman–Crippen LogP) is 3.72. The third-order valence-corrected chi connectivity index (χ3v) is 3.90. The summed E-state index contributed by atoms with van der Waals surface area (Å²) in [7, 11) is 0. The van der Waals surface area contributed by atoms with Crippen molar-refractivity contribution in [2.45, 2.75) is 13.3 Å². The molecule has 0 bridgehead atoms. The Hall–Kier alpha value is -3.04. The van der Waals surface area contributed by atoms with Crippen LogP contribution in [0.4, 0.5) is 17.1 Å². The summed E-state index contributed by atoms with van der Waals surface area (Å²) in [6, 6.07) is 10.0. The zero-order valence-corrected chi connectivity index (χ0v) is 15.7. The van der Waals surface area contributed by atoms with Crippen LogP contribution >= 0.6 is 23.8 Å². The molecule has 0 atom stereocenters. The minimum Gasteiger partial charge on any atom is -0.331 e. The first-order valence-corrected chi connectivity index (χ1v) is 8.55. The highest BCUT2D eigenvalue weighted by atomic mass is 35.5. The molecule has 2 aromatic carbocycles. The first-order chi connectivity index (χ1) is 12.8. The van der Waals surface area contributed by atoms with Crippen LogP contribution < -0.4 is 16.0 Å². The molecule has 0 heterocycles. The van der Waals surface area contributed by atoms with Gasteiger partial charge in [0.1, 0.15) is 0 Å². The number of amides is 2. The topological polar surface area (TPSA) is 113 Å². The van der Waals surface area contributed by atoms with E-state index in [1.54, 1.807) is 25.1 Å². The number of hydrogen-bond donors (Lipinski definition) is 3. The second kappa shape index (κ2) is 9.06. The normalized spacial score (nSPS) is 10.0. The Morgan fingerprint density at radius 2 is 1.93 bits per heavy atom. The van der Waals surface area contributed by atoms with E-state index in [0.717, 1.165) is 6.07 Å². The highest BCUT2D eigenvalue weighted by molar-refractivity contribution is 7.80. The van der Waals surface area contributed by atoms with Crippen LogP contribution in [0.1, 0.15) is 23.7 Å². The summed E-state index contributed by atoms with van der Waals surface area (Å²) in [6.07, 6.45) is 0.322. The van der Waals surface area contributed by atoms with Crippen LogP contribution in [0.2, 0.25) is 5.02 Å². The van der Waals surface area contributed by atoms with Crippen molar-refractivity contribution in [3.63, 3.8) is 0 Å². The number of nitrogens with one attached hydrogen (secondary N) is 3. The standard InChI is InChI=1S/C17H15ClN4O4S/c1-2-15(23)19-11-6-7-13(18)14(9-11)20-17(27)21-16(24)10-4-3-5-12(8-10)22(25)26/h3-9H,2H2,1H3,(H,19,23)(H2,20,21,24,27). The van der Waals surface area contributed by atoms with Gasteiger partial charge in [0.25, 0.3) is 11.6 Å².